The molecule has 0 radical (unpaired) electrons. The minimum absolute atomic E-state index is 0.0185. The Morgan fingerprint density at radius 3 is 2.03 bits per heavy atom. The van der Waals surface area contributed by atoms with E-state index in [9.17, 15) is 14.7 Å². The van der Waals surface area contributed by atoms with Gasteiger partial charge in [0.1, 0.15) is 5.70 Å². The number of hydrogen-bond donors (Lipinski definition) is 1. The average molecular weight is 392 g/mol. The maximum absolute atomic E-state index is 13.4. The Kier molecular flexibility index (Phi) is 5.62. The van der Waals surface area contributed by atoms with E-state index >= 15 is 0 Å². The highest BCUT2D eigenvalue weighted by Crippen LogP contribution is 2.35. The van der Waals surface area contributed by atoms with Crippen LogP contribution in [0.3, 0.4) is 0 Å². The fourth-order valence-electron chi connectivity index (χ4n) is 3.46. The molecule has 3 rings (SSSR count). The molecule has 1 aliphatic rings. The lowest BCUT2D eigenvalue weighted by atomic mass is 9.87. The maximum Gasteiger partial charge on any atom is 0.282 e. The van der Waals surface area contributed by atoms with Crippen LogP contribution in [0.2, 0.25) is 0 Å². The van der Waals surface area contributed by atoms with E-state index in [1.807, 2.05) is 55.5 Å². The van der Waals surface area contributed by atoms with Crippen LogP contribution < -0.4 is 4.90 Å². The second kappa shape index (κ2) is 7.84. The van der Waals surface area contributed by atoms with E-state index in [0.717, 1.165) is 11.1 Å². The van der Waals surface area contributed by atoms with Gasteiger partial charge in [-0.2, -0.15) is 0 Å². The molecule has 1 N–H and O–H groups in total. The van der Waals surface area contributed by atoms with Gasteiger partial charge in [0, 0.05) is 13.6 Å². The number of nitrogens with zero attached hydrogens (tertiary/aromatic N) is 2. The Labute approximate surface area is 172 Å². The number of anilines is 1. The van der Waals surface area contributed by atoms with Crippen LogP contribution in [0.15, 0.2) is 54.2 Å². The largest absolute Gasteiger partial charge is 0.395 e. The van der Waals surface area contributed by atoms with Crippen LogP contribution in [-0.2, 0) is 15.0 Å². The van der Waals surface area contributed by atoms with Crippen molar-refractivity contribution in [1.82, 2.24) is 4.90 Å². The lowest BCUT2D eigenvalue weighted by molar-refractivity contribution is -0.120. The molecule has 0 atom stereocenters. The number of likely N-dealkylation sites (N-methyl/N-ethyl adjacent to an activating group) is 1. The molecule has 2 aromatic carbocycles. The summed E-state index contributed by atoms with van der Waals surface area (Å²) in [5.41, 5.74) is 4.11. The van der Waals surface area contributed by atoms with Gasteiger partial charge in [0.25, 0.3) is 11.8 Å². The Balaban J connectivity index is 2.06. The third-order valence-electron chi connectivity index (χ3n) is 5.21. The van der Waals surface area contributed by atoms with E-state index in [1.54, 1.807) is 11.9 Å². The average Bonchev–Trinajstić information content (AvgIpc) is 2.92. The lowest BCUT2D eigenvalue weighted by Crippen LogP contribution is -2.35. The molecule has 2 aromatic rings. The summed E-state index contributed by atoms with van der Waals surface area (Å²) in [7, 11) is 1.72. The van der Waals surface area contributed by atoms with Gasteiger partial charge in [0.15, 0.2) is 0 Å². The number of aliphatic hydroxyl groups is 1. The quantitative estimate of drug-likeness (QED) is 0.791. The first-order valence-electron chi connectivity index (χ1n) is 9.78. The van der Waals surface area contributed by atoms with Crippen LogP contribution in [0.25, 0.3) is 5.57 Å². The molecule has 29 heavy (non-hydrogen) atoms. The van der Waals surface area contributed by atoms with Gasteiger partial charge in [0.2, 0.25) is 0 Å². The van der Waals surface area contributed by atoms with Gasteiger partial charge in [-0.1, -0.05) is 62.7 Å². The molecule has 0 spiro atoms. The smallest absolute Gasteiger partial charge is 0.282 e. The van der Waals surface area contributed by atoms with Crippen molar-refractivity contribution in [3.8, 4) is 0 Å². The molecule has 1 heterocycles. The van der Waals surface area contributed by atoms with Crippen molar-refractivity contribution in [1.29, 1.82) is 0 Å². The molecular formula is C24H28N2O3. The summed E-state index contributed by atoms with van der Waals surface area (Å²) in [6, 6.07) is 15.1. The van der Waals surface area contributed by atoms with E-state index in [2.05, 4.69) is 20.8 Å². The number of rotatable bonds is 5. The Morgan fingerprint density at radius 1 is 0.931 bits per heavy atom. The molecule has 152 valence electrons. The summed E-state index contributed by atoms with van der Waals surface area (Å²) in [6.07, 6.45) is 0. The molecule has 0 aromatic heterocycles. The summed E-state index contributed by atoms with van der Waals surface area (Å²) in [5.74, 6) is -0.716. The number of benzene rings is 2. The summed E-state index contributed by atoms with van der Waals surface area (Å²) < 4.78 is 0. The molecule has 0 unspecified atom stereocenters. The summed E-state index contributed by atoms with van der Waals surface area (Å²) in [4.78, 5) is 29.5. The fraction of sp³-hybridized carbons (Fsp3) is 0.333. The van der Waals surface area contributed by atoms with Gasteiger partial charge in [-0.15, -0.1) is 0 Å². The van der Waals surface area contributed by atoms with Crippen molar-refractivity contribution in [2.24, 2.45) is 0 Å². The molecule has 2 amide bonds. The third kappa shape index (κ3) is 3.96. The number of carbonyl (C=O) groups is 2. The summed E-state index contributed by atoms with van der Waals surface area (Å²) in [5, 5.41) is 9.36. The summed E-state index contributed by atoms with van der Waals surface area (Å²) >= 11 is 0. The van der Waals surface area contributed by atoms with E-state index in [1.165, 1.54) is 4.90 Å². The first-order valence-corrected chi connectivity index (χ1v) is 9.78. The predicted octanol–water partition coefficient (Wildman–Crippen LogP) is 3.50. The zero-order valence-corrected chi connectivity index (χ0v) is 17.7. The number of imide groups is 1. The Morgan fingerprint density at radius 2 is 1.52 bits per heavy atom. The molecule has 0 aliphatic carbocycles. The van der Waals surface area contributed by atoms with Gasteiger partial charge >= 0.3 is 0 Å². The van der Waals surface area contributed by atoms with Gasteiger partial charge in [-0.3, -0.25) is 9.59 Å². The first kappa shape index (κ1) is 20.8. The molecule has 1 aliphatic heterocycles. The van der Waals surface area contributed by atoms with E-state index < -0.39 is 0 Å². The van der Waals surface area contributed by atoms with Crippen LogP contribution in [0, 0.1) is 6.92 Å². The van der Waals surface area contributed by atoms with Crippen molar-refractivity contribution in [3.63, 3.8) is 0 Å². The van der Waals surface area contributed by atoms with E-state index in [0.29, 0.717) is 22.5 Å². The third-order valence-corrected chi connectivity index (χ3v) is 5.21. The molecular weight excluding hydrogens is 364 g/mol. The Bertz CT molecular complexity index is 951. The highest BCUT2D eigenvalue weighted by Gasteiger charge is 2.41. The molecule has 5 nitrogen and oxygen atoms in total. The van der Waals surface area contributed by atoms with Crippen molar-refractivity contribution < 1.29 is 14.7 Å². The minimum Gasteiger partial charge on any atom is -0.395 e. The zero-order chi connectivity index (χ0) is 21.3. The summed E-state index contributed by atoms with van der Waals surface area (Å²) in [6.45, 7) is 8.48. The van der Waals surface area contributed by atoms with Crippen LogP contribution in [0.1, 0.15) is 37.5 Å². The van der Waals surface area contributed by atoms with E-state index in [-0.39, 0.29) is 30.4 Å². The monoisotopic (exact) mass is 392 g/mol. The molecule has 0 saturated heterocycles. The minimum atomic E-state index is -0.370. The van der Waals surface area contributed by atoms with E-state index in [4.69, 9.17) is 0 Å². The molecule has 0 bridgehead atoms. The topological polar surface area (TPSA) is 60.9 Å². The van der Waals surface area contributed by atoms with Gasteiger partial charge in [-0.05, 0) is 35.6 Å². The number of aryl methyl sites for hydroxylation is 1. The SMILES string of the molecule is Cc1ccc(C2=C(N(C)CCO)C(=O)N(c3ccc(C(C)(C)C)cc3)C2=O)cc1. The van der Waals surface area contributed by atoms with Crippen LogP contribution >= 0.6 is 0 Å². The highest BCUT2D eigenvalue weighted by molar-refractivity contribution is 6.45. The number of amides is 2. The maximum atomic E-state index is 13.4. The van der Waals surface area contributed by atoms with Crippen molar-refractivity contribution in [2.75, 3.05) is 25.1 Å². The predicted molar refractivity (Wildman–Crippen MR) is 115 cm³/mol. The standard InChI is InChI=1S/C24H28N2O3/c1-16-6-8-17(9-7-16)20-21(25(5)14-15-27)23(29)26(22(20)28)19-12-10-18(11-13-19)24(2,3)4/h6-13,27H,14-15H2,1-5H3. The van der Waals surface area contributed by atoms with Crippen molar-refractivity contribution in [3.05, 3.63) is 70.9 Å². The number of hydrogen-bond acceptors (Lipinski definition) is 4. The van der Waals surface area contributed by atoms with Gasteiger partial charge in [-0.25, -0.2) is 4.90 Å². The zero-order valence-electron chi connectivity index (χ0n) is 17.7. The van der Waals surface area contributed by atoms with Crippen molar-refractivity contribution >= 4 is 23.1 Å². The number of aliphatic hydroxyl groups excluding tert-OH is 1. The normalized spacial score (nSPS) is 14.8. The van der Waals surface area contributed by atoms with Crippen LogP contribution in [-0.4, -0.2) is 42.0 Å². The van der Waals surface area contributed by atoms with Gasteiger partial charge in [0.05, 0.1) is 17.9 Å². The highest BCUT2D eigenvalue weighted by atomic mass is 16.3. The molecule has 0 saturated carbocycles. The fourth-order valence-corrected chi connectivity index (χ4v) is 3.46. The first-order chi connectivity index (χ1) is 13.6. The number of carbonyl (C=O) groups excluding carboxylic acids is 2. The van der Waals surface area contributed by atoms with Crippen LogP contribution in [0.5, 0.6) is 0 Å². The Hall–Kier alpha value is -2.92. The second-order valence-corrected chi connectivity index (χ2v) is 8.48. The second-order valence-electron chi connectivity index (χ2n) is 8.48. The van der Waals surface area contributed by atoms with Gasteiger partial charge < -0.3 is 10.0 Å². The van der Waals surface area contributed by atoms with Crippen LogP contribution in [0.4, 0.5) is 5.69 Å². The lowest BCUT2D eigenvalue weighted by Gasteiger charge is -2.22. The van der Waals surface area contributed by atoms with Crippen molar-refractivity contribution in [2.45, 2.75) is 33.1 Å². The molecule has 5 heteroatoms. The molecule has 0 fully saturated rings.